The molecule has 1 fully saturated rings. The van der Waals surface area contributed by atoms with Crippen LogP contribution in [0.3, 0.4) is 0 Å². The number of hydrogen-bond donors (Lipinski definition) is 2. The van der Waals surface area contributed by atoms with Gasteiger partial charge < -0.3 is 11.1 Å². The van der Waals surface area contributed by atoms with Gasteiger partial charge in [0.25, 0.3) is 0 Å². The van der Waals surface area contributed by atoms with Crippen molar-refractivity contribution in [3.05, 3.63) is 0 Å². The molecule has 1 saturated carbocycles. The van der Waals surface area contributed by atoms with E-state index in [0.29, 0.717) is 0 Å². The van der Waals surface area contributed by atoms with E-state index in [1.54, 1.807) is 0 Å². The fourth-order valence-electron chi connectivity index (χ4n) is 2.46. The van der Waals surface area contributed by atoms with Gasteiger partial charge >= 0.3 is 6.18 Å². The topological polar surface area (TPSA) is 55.1 Å². The molecule has 3 unspecified atom stereocenters. The van der Waals surface area contributed by atoms with Gasteiger partial charge in [-0.05, 0) is 25.7 Å². The van der Waals surface area contributed by atoms with Crippen LogP contribution in [-0.4, -0.2) is 24.2 Å². The highest BCUT2D eigenvalue weighted by atomic mass is 19.4. The van der Waals surface area contributed by atoms with Crippen molar-refractivity contribution in [2.45, 2.75) is 63.7 Å². The predicted octanol–water partition coefficient (Wildman–Crippen LogP) is 2.35. The molecule has 3 atom stereocenters. The first-order valence-corrected chi connectivity index (χ1v) is 6.39. The minimum atomic E-state index is -4.24. The van der Waals surface area contributed by atoms with Crippen LogP contribution in [0.25, 0.3) is 0 Å². The Morgan fingerprint density at radius 3 is 2.56 bits per heavy atom. The molecule has 3 nitrogen and oxygen atoms in total. The molecule has 106 valence electrons. The summed E-state index contributed by atoms with van der Waals surface area (Å²) in [5, 5.41) is 2.39. The quantitative estimate of drug-likeness (QED) is 0.820. The van der Waals surface area contributed by atoms with Gasteiger partial charge in [-0.1, -0.05) is 12.8 Å². The largest absolute Gasteiger partial charge is 0.391 e. The summed E-state index contributed by atoms with van der Waals surface area (Å²) in [7, 11) is 0. The van der Waals surface area contributed by atoms with Crippen molar-refractivity contribution < 1.29 is 18.0 Å². The third-order valence-electron chi connectivity index (χ3n) is 3.36. The standard InChI is InChI=1S/C12H21F3N2O/c1-8(7-12(13,14)15)17-11(18)6-9-4-2-3-5-10(9)16/h8-10H,2-7,16H2,1H3,(H,17,18). The molecule has 0 radical (unpaired) electrons. The molecule has 0 aromatic rings. The predicted molar refractivity (Wildman–Crippen MR) is 62.8 cm³/mol. The van der Waals surface area contributed by atoms with E-state index in [0.717, 1.165) is 25.7 Å². The maximum absolute atomic E-state index is 12.1. The molecule has 1 rings (SSSR count). The molecular weight excluding hydrogens is 245 g/mol. The summed E-state index contributed by atoms with van der Waals surface area (Å²) in [6, 6.07) is -0.875. The second-order valence-electron chi connectivity index (χ2n) is 5.20. The van der Waals surface area contributed by atoms with Gasteiger partial charge in [-0.25, -0.2) is 0 Å². The normalized spacial score (nSPS) is 26.7. The van der Waals surface area contributed by atoms with Crippen molar-refractivity contribution in [1.29, 1.82) is 0 Å². The van der Waals surface area contributed by atoms with Crippen LogP contribution in [0.2, 0.25) is 0 Å². The van der Waals surface area contributed by atoms with Crippen LogP contribution in [0.4, 0.5) is 13.2 Å². The molecule has 1 aliphatic carbocycles. The van der Waals surface area contributed by atoms with Crippen molar-refractivity contribution in [1.82, 2.24) is 5.32 Å². The zero-order chi connectivity index (χ0) is 13.8. The third-order valence-corrected chi connectivity index (χ3v) is 3.36. The molecular formula is C12H21F3N2O. The van der Waals surface area contributed by atoms with Crippen LogP contribution >= 0.6 is 0 Å². The molecule has 1 aliphatic rings. The van der Waals surface area contributed by atoms with E-state index in [-0.39, 0.29) is 24.3 Å². The number of rotatable bonds is 4. The first-order valence-electron chi connectivity index (χ1n) is 6.39. The second-order valence-corrected chi connectivity index (χ2v) is 5.20. The van der Waals surface area contributed by atoms with Gasteiger partial charge in [-0.15, -0.1) is 0 Å². The number of carbonyl (C=O) groups is 1. The zero-order valence-electron chi connectivity index (χ0n) is 10.6. The highest BCUT2D eigenvalue weighted by Gasteiger charge is 2.31. The van der Waals surface area contributed by atoms with Crippen LogP contribution < -0.4 is 11.1 Å². The SMILES string of the molecule is CC(CC(F)(F)F)NC(=O)CC1CCCCC1N. The Balaban J connectivity index is 2.32. The fraction of sp³-hybridized carbons (Fsp3) is 0.917. The lowest BCUT2D eigenvalue weighted by Gasteiger charge is -2.28. The Bertz CT molecular complexity index is 281. The van der Waals surface area contributed by atoms with Gasteiger partial charge in [-0.3, -0.25) is 4.79 Å². The van der Waals surface area contributed by atoms with Crippen LogP contribution in [0.1, 0.15) is 45.4 Å². The van der Waals surface area contributed by atoms with E-state index in [2.05, 4.69) is 5.32 Å². The second kappa shape index (κ2) is 6.41. The number of halogens is 3. The molecule has 0 bridgehead atoms. The molecule has 0 aliphatic heterocycles. The molecule has 0 heterocycles. The minimum absolute atomic E-state index is 0.00224. The third kappa shape index (κ3) is 5.71. The van der Waals surface area contributed by atoms with Gasteiger partial charge in [0, 0.05) is 18.5 Å². The Kier molecular flexibility index (Phi) is 5.44. The van der Waals surface area contributed by atoms with E-state index >= 15 is 0 Å². The molecule has 3 N–H and O–H groups in total. The maximum Gasteiger partial charge on any atom is 0.391 e. The Morgan fingerprint density at radius 1 is 1.39 bits per heavy atom. The number of carbonyl (C=O) groups excluding carboxylic acids is 1. The van der Waals surface area contributed by atoms with Crippen molar-refractivity contribution >= 4 is 5.91 Å². The molecule has 6 heteroatoms. The van der Waals surface area contributed by atoms with E-state index in [1.807, 2.05) is 0 Å². The number of amides is 1. The van der Waals surface area contributed by atoms with Gasteiger partial charge in [0.1, 0.15) is 0 Å². The molecule has 0 saturated heterocycles. The fourth-order valence-corrected chi connectivity index (χ4v) is 2.46. The van der Waals surface area contributed by atoms with E-state index in [4.69, 9.17) is 5.73 Å². The summed E-state index contributed by atoms with van der Waals surface area (Å²) in [5.74, 6) is -0.217. The summed E-state index contributed by atoms with van der Waals surface area (Å²) in [4.78, 5) is 11.6. The van der Waals surface area contributed by atoms with E-state index in [9.17, 15) is 18.0 Å². The average molecular weight is 266 g/mol. The molecule has 18 heavy (non-hydrogen) atoms. The summed E-state index contributed by atoms with van der Waals surface area (Å²) in [6.45, 7) is 1.37. The monoisotopic (exact) mass is 266 g/mol. The average Bonchev–Trinajstić information content (AvgIpc) is 2.18. The highest BCUT2D eigenvalue weighted by molar-refractivity contribution is 5.76. The van der Waals surface area contributed by atoms with Crippen LogP contribution in [0.15, 0.2) is 0 Å². The lowest BCUT2D eigenvalue weighted by Crippen LogP contribution is -2.40. The van der Waals surface area contributed by atoms with Crippen molar-refractivity contribution in [3.63, 3.8) is 0 Å². The molecule has 0 aromatic heterocycles. The van der Waals surface area contributed by atoms with Gasteiger partial charge in [-0.2, -0.15) is 13.2 Å². The summed E-state index contributed by atoms with van der Waals surface area (Å²) in [5.41, 5.74) is 5.90. The molecule has 0 aromatic carbocycles. The van der Waals surface area contributed by atoms with Crippen molar-refractivity contribution in [2.75, 3.05) is 0 Å². The lowest BCUT2D eigenvalue weighted by molar-refractivity contribution is -0.141. The number of alkyl halides is 3. The van der Waals surface area contributed by atoms with Gasteiger partial charge in [0.2, 0.25) is 5.91 Å². The van der Waals surface area contributed by atoms with Crippen LogP contribution in [-0.2, 0) is 4.79 Å². The zero-order valence-corrected chi connectivity index (χ0v) is 10.6. The number of hydrogen-bond acceptors (Lipinski definition) is 2. The Hall–Kier alpha value is -0.780. The van der Waals surface area contributed by atoms with Crippen molar-refractivity contribution in [2.24, 2.45) is 11.7 Å². The minimum Gasteiger partial charge on any atom is -0.353 e. The molecule has 0 spiro atoms. The van der Waals surface area contributed by atoms with Crippen molar-refractivity contribution in [3.8, 4) is 0 Å². The van der Waals surface area contributed by atoms with E-state index in [1.165, 1.54) is 6.92 Å². The lowest BCUT2D eigenvalue weighted by atomic mass is 9.83. The highest BCUT2D eigenvalue weighted by Crippen LogP contribution is 2.26. The first-order chi connectivity index (χ1) is 8.28. The van der Waals surface area contributed by atoms with Gasteiger partial charge in [0.05, 0.1) is 6.42 Å². The Morgan fingerprint density at radius 2 is 2.00 bits per heavy atom. The van der Waals surface area contributed by atoms with Crippen LogP contribution in [0.5, 0.6) is 0 Å². The Labute approximate surface area is 105 Å². The van der Waals surface area contributed by atoms with Gasteiger partial charge in [0.15, 0.2) is 0 Å². The summed E-state index contributed by atoms with van der Waals surface area (Å²) < 4.78 is 36.3. The maximum atomic E-state index is 12.1. The van der Waals surface area contributed by atoms with E-state index < -0.39 is 18.6 Å². The summed E-state index contributed by atoms with van der Waals surface area (Å²) in [6.07, 6.45) is -1.08. The number of nitrogens with two attached hydrogens (primary N) is 1. The summed E-state index contributed by atoms with van der Waals surface area (Å²) >= 11 is 0. The smallest absolute Gasteiger partial charge is 0.353 e. The molecule has 1 amide bonds. The first kappa shape index (κ1) is 15.3. The number of nitrogens with one attached hydrogen (secondary N) is 1. The van der Waals surface area contributed by atoms with Crippen LogP contribution in [0, 0.1) is 5.92 Å².